The summed E-state index contributed by atoms with van der Waals surface area (Å²) in [5, 5.41) is 3.94. The first-order chi connectivity index (χ1) is 7.55. The van der Waals surface area contributed by atoms with Crippen molar-refractivity contribution in [1.82, 2.24) is 14.8 Å². The lowest BCUT2D eigenvalue weighted by Crippen LogP contribution is -2.07. The maximum absolute atomic E-state index is 12.2. The topological polar surface area (TPSA) is 30.7 Å². The molecule has 84 valence electrons. The molecule has 0 saturated heterocycles. The molecule has 0 saturated carbocycles. The van der Waals surface area contributed by atoms with E-state index in [0.717, 1.165) is 12.3 Å². The van der Waals surface area contributed by atoms with Gasteiger partial charge in [-0.1, -0.05) is 0 Å². The van der Waals surface area contributed by atoms with Crippen molar-refractivity contribution in [3.05, 3.63) is 48.0 Å². The van der Waals surface area contributed by atoms with Crippen LogP contribution in [0.1, 0.15) is 11.3 Å². The SMILES string of the molecule is FC(F)(F)c1ccc(Cn2cccn2)nc1. The zero-order valence-corrected chi connectivity index (χ0v) is 8.15. The molecular formula is C10H8F3N3. The number of halogens is 3. The lowest BCUT2D eigenvalue weighted by Gasteiger charge is -2.06. The van der Waals surface area contributed by atoms with E-state index in [9.17, 15) is 13.2 Å². The van der Waals surface area contributed by atoms with Crippen LogP contribution in [0.5, 0.6) is 0 Å². The number of hydrogen-bond donors (Lipinski definition) is 0. The Balaban J connectivity index is 2.14. The standard InChI is InChI=1S/C10H8F3N3/c11-10(12,13)8-2-3-9(14-6-8)7-16-5-1-4-15-16/h1-6H,7H2. The molecule has 0 aromatic carbocycles. The molecule has 3 nitrogen and oxygen atoms in total. The number of pyridine rings is 1. The van der Waals surface area contributed by atoms with Gasteiger partial charge in [-0.3, -0.25) is 9.67 Å². The van der Waals surface area contributed by atoms with Crippen molar-refractivity contribution >= 4 is 0 Å². The number of alkyl halides is 3. The zero-order valence-electron chi connectivity index (χ0n) is 8.15. The number of aromatic nitrogens is 3. The molecule has 2 heterocycles. The first kappa shape index (κ1) is 10.7. The van der Waals surface area contributed by atoms with Gasteiger partial charge in [0, 0.05) is 18.6 Å². The molecule has 0 bridgehead atoms. The lowest BCUT2D eigenvalue weighted by molar-refractivity contribution is -0.137. The summed E-state index contributed by atoms with van der Waals surface area (Å²) < 4.78 is 38.3. The monoisotopic (exact) mass is 227 g/mol. The summed E-state index contributed by atoms with van der Waals surface area (Å²) >= 11 is 0. The first-order valence-electron chi connectivity index (χ1n) is 4.55. The molecule has 0 atom stereocenters. The number of hydrogen-bond acceptors (Lipinski definition) is 2. The normalized spacial score (nSPS) is 11.7. The molecule has 0 aliphatic carbocycles. The molecule has 0 amide bonds. The Kier molecular flexibility index (Phi) is 2.64. The Morgan fingerprint density at radius 1 is 1.25 bits per heavy atom. The van der Waals surface area contributed by atoms with Gasteiger partial charge < -0.3 is 0 Å². The van der Waals surface area contributed by atoms with Crippen molar-refractivity contribution in [2.24, 2.45) is 0 Å². The van der Waals surface area contributed by atoms with E-state index >= 15 is 0 Å². The van der Waals surface area contributed by atoms with Crippen LogP contribution in [0.4, 0.5) is 13.2 Å². The van der Waals surface area contributed by atoms with Crippen LogP contribution in [0, 0.1) is 0 Å². The zero-order chi connectivity index (χ0) is 11.6. The third-order valence-electron chi connectivity index (χ3n) is 2.04. The van der Waals surface area contributed by atoms with Crippen molar-refractivity contribution in [2.45, 2.75) is 12.7 Å². The minimum atomic E-state index is -4.34. The van der Waals surface area contributed by atoms with Crippen LogP contribution in [0.15, 0.2) is 36.8 Å². The molecule has 0 aliphatic heterocycles. The Bertz CT molecular complexity index is 445. The second-order valence-electron chi connectivity index (χ2n) is 3.24. The van der Waals surface area contributed by atoms with Gasteiger partial charge >= 0.3 is 6.18 Å². The van der Waals surface area contributed by atoms with Gasteiger partial charge in [0.1, 0.15) is 0 Å². The Morgan fingerprint density at radius 2 is 2.06 bits per heavy atom. The van der Waals surface area contributed by atoms with Crippen molar-refractivity contribution in [1.29, 1.82) is 0 Å². The molecule has 0 fully saturated rings. The smallest absolute Gasteiger partial charge is 0.267 e. The van der Waals surface area contributed by atoms with Crippen molar-refractivity contribution in [2.75, 3.05) is 0 Å². The van der Waals surface area contributed by atoms with Gasteiger partial charge in [-0.25, -0.2) is 0 Å². The summed E-state index contributed by atoms with van der Waals surface area (Å²) in [5.41, 5.74) is -0.201. The average Bonchev–Trinajstić information content (AvgIpc) is 2.70. The van der Waals surface area contributed by atoms with E-state index in [-0.39, 0.29) is 0 Å². The van der Waals surface area contributed by atoms with Gasteiger partial charge in [0.15, 0.2) is 0 Å². The highest BCUT2D eigenvalue weighted by atomic mass is 19.4. The van der Waals surface area contributed by atoms with Crippen LogP contribution in [0.25, 0.3) is 0 Å². The summed E-state index contributed by atoms with van der Waals surface area (Å²) in [7, 11) is 0. The van der Waals surface area contributed by atoms with Gasteiger partial charge in [-0.2, -0.15) is 18.3 Å². The molecule has 2 aromatic rings. The summed E-state index contributed by atoms with van der Waals surface area (Å²) in [6, 6.07) is 4.11. The van der Waals surface area contributed by atoms with Crippen molar-refractivity contribution in [3.8, 4) is 0 Å². The van der Waals surface area contributed by atoms with Crippen LogP contribution in [-0.4, -0.2) is 14.8 Å². The quantitative estimate of drug-likeness (QED) is 0.788. The first-order valence-corrected chi connectivity index (χ1v) is 4.55. The molecular weight excluding hydrogens is 219 g/mol. The molecule has 0 N–H and O–H groups in total. The van der Waals surface area contributed by atoms with E-state index in [1.165, 1.54) is 6.07 Å². The molecule has 16 heavy (non-hydrogen) atoms. The van der Waals surface area contributed by atoms with Gasteiger partial charge in [-0.15, -0.1) is 0 Å². The molecule has 6 heteroatoms. The third-order valence-corrected chi connectivity index (χ3v) is 2.04. The van der Waals surface area contributed by atoms with E-state index in [4.69, 9.17) is 0 Å². The molecule has 0 spiro atoms. The highest BCUT2D eigenvalue weighted by molar-refractivity contribution is 5.17. The fraction of sp³-hybridized carbons (Fsp3) is 0.200. The summed E-state index contributed by atoms with van der Waals surface area (Å²) in [5.74, 6) is 0. The van der Waals surface area contributed by atoms with Crippen LogP contribution in [-0.2, 0) is 12.7 Å². The van der Waals surface area contributed by atoms with E-state index in [1.54, 1.807) is 23.1 Å². The minimum Gasteiger partial charge on any atom is -0.267 e. The van der Waals surface area contributed by atoms with E-state index in [1.807, 2.05) is 0 Å². The van der Waals surface area contributed by atoms with E-state index in [0.29, 0.717) is 12.2 Å². The maximum Gasteiger partial charge on any atom is 0.417 e. The highest BCUT2D eigenvalue weighted by Crippen LogP contribution is 2.28. The number of rotatable bonds is 2. The Labute approximate surface area is 89.5 Å². The van der Waals surface area contributed by atoms with Crippen LogP contribution in [0.3, 0.4) is 0 Å². The van der Waals surface area contributed by atoms with Crippen molar-refractivity contribution < 1.29 is 13.2 Å². The minimum absolute atomic E-state index is 0.366. The average molecular weight is 227 g/mol. The van der Waals surface area contributed by atoms with Gasteiger partial charge in [0.2, 0.25) is 0 Å². The molecule has 2 aromatic heterocycles. The highest BCUT2D eigenvalue weighted by Gasteiger charge is 2.30. The van der Waals surface area contributed by atoms with Crippen LogP contribution in [0.2, 0.25) is 0 Å². The van der Waals surface area contributed by atoms with E-state index < -0.39 is 11.7 Å². The van der Waals surface area contributed by atoms with Gasteiger partial charge in [-0.05, 0) is 18.2 Å². The van der Waals surface area contributed by atoms with Gasteiger partial charge in [0.05, 0.1) is 17.8 Å². The molecule has 0 radical (unpaired) electrons. The van der Waals surface area contributed by atoms with Crippen LogP contribution < -0.4 is 0 Å². The summed E-state index contributed by atoms with van der Waals surface area (Å²) in [4.78, 5) is 3.74. The molecule has 0 unspecified atom stereocenters. The Morgan fingerprint density at radius 3 is 2.56 bits per heavy atom. The lowest BCUT2D eigenvalue weighted by atomic mass is 10.2. The largest absolute Gasteiger partial charge is 0.417 e. The second kappa shape index (κ2) is 3.96. The second-order valence-corrected chi connectivity index (χ2v) is 3.24. The fourth-order valence-corrected chi connectivity index (χ4v) is 1.25. The third kappa shape index (κ3) is 2.39. The number of nitrogens with zero attached hydrogens (tertiary/aromatic N) is 3. The summed E-state index contributed by atoms with van der Waals surface area (Å²) in [6.07, 6.45) is -0.181. The van der Waals surface area contributed by atoms with E-state index in [2.05, 4.69) is 10.1 Å². The molecule has 0 aliphatic rings. The van der Waals surface area contributed by atoms with Crippen LogP contribution >= 0.6 is 0 Å². The molecule has 2 rings (SSSR count). The fourth-order valence-electron chi connectivity index (χ4n) is 1.25. The predicted octanol–water partition coefficient (Wildman–Crippen LogP) is 2.35. The maximum atomic E-state index is 12.2. The predicted molar refractivity (Wildman–Crippen MR) is 50.6 cm³/mol. The van der Waals surface area contributed by atoms with Crippen molar-refractivity contribution in [3.63, 3.8) is 0 Å². The Hall–Kier alpha value is -1.85. The summed E-state index contributed by atoms with van der Waals surface area (Å²) in [6.45, 7) is 0.366. The van der Waals surface area contributed by atoms with Gasteiger partial charge in [0.25, 0.3) is 0 Å².